The van der Waals surface area contributed by atoms with Crippen LogP contribution >= 0.6 is 0 Å². The van der Waals surface area contributed by atoms with Crippen molar-refractivity contribution in [2.75, 3.05) is 13.7 Å². The van der Waals surface area contributed by atoms with E-state index in [0.717, 1.165) is 6.42 Å². The van der Waals surface area contributed by atoms with Crippen molar-refractivity contribution < 1.29 is 14.6 Å². The van der Waals surface area contributed by atoms with Crippen LogP contribution in [0.5, 0.6) is 0 Å². The average molecular weight is 146 g/mol. The Morgan fingerprint density at radius 2 is 2.40 bits per heavy atom. The monoisotopic (exact) mass is 146 g/mol. The Bertz CT molecular complexity index is 105. The predicted molar refractivity (Wildman–Crippen MR) is 36.8 cm³/mol. The molecule has 1 aliphatic rings. The van der Waals surface area contributed by atoms with Crippen LogP contribution in [0.25, 0.3) is 0 Å². The van der Waals surface area contributed by atoms with Gasteiger partial charge in [0.25, 0.3) is 0 Å². The van der Waals surface area contributed by atoms with E-state index in [1.807, 2.05) is 6.92 Å². The smallest absolute Gasteiger partial charge is 0.109 e. The van der Waals surface area contributed by atoms with E-state index in [2.05, 4.69) is 0 Å². The SMILES string of the molecule is CO[C@H](C)C1OCC[C@@H]1O. The average Bonchev–Trinajstić information content (AvgIpc) is 2.34. The Hall–Kier alpha value is -0.120. The van der Waals surface area contributed by atoms with Crippen LogP contribution in [0.2, 0.25) is 0 Å². The number of hydrogen-bond donors (Lipinski definition) is 1. The molecule has 1 heterocycles. The molecule has 0 aromatic rings. The molecule has 1 aliphatic heterocycles. The van der Waals surface area contributed by atoms with Gasteiger partial charge >= 0.3 is 0 Å². The summed E-state index contributed by atoms with van der Waals surface area (Å²) >= 11 is 0. The molecule has 60 valence electrons. The van der Waals surface area contributed by atoms with Crippen LogP contribution in [-0.4, -0.2) is 37.1 Å². The molecule has 1 N–H and O–H groups in total. The molecule has 0 aliphatic carbocycles. The van der Waals surface area contributed by atoms with E-state index in [9.17, 15) is 5.11 Å². The van der Waals surface area contributed by atoms with Gasteiger partial charge in [0.15, 0.2) is 0 Å². The number of aliphatic hydroxyl groups is 1. The minimum atomic E-state index is -0.338. The Morgan fingerprint density at radius 3 is 2.80 bits per heavy atom. The van der Waals surface area contributed by atoms with Crippen molar-refractivity contribution in [1.82, 2.24) is 0 Å². The highest BCUT2D eigenvalue weighted by Crippen LogP contribution is 2.17. The van der Waals surface area contributed by atoms with Crippen LogP contribution < -0.4 is 0 Å². The summed E-state index contributed by atoms with van der Waals surface area (Å²) in [6.45, 7) is 2.55. The zero-order chi connectivity index (χ0) is 7.56. The van der Waals surface area contributed by atoms with Gasteiger partial charge in [0, 0.05) is 13.7 Å². The molecular weight excluding hydrogens is 132 g/mol. The first kappa shape index (κ1) is 7.98. The molecule has 1 fully saturated rings. The molecule has 0 spiro atoms. The summed E-state index contributed by atoms with van der Waals surface area (Å²) in [5.74, 6) is 0. The maximum atomic E-state index is 9.29. The first-order valence-electron chi connectivity index (χ1n) is 3.58. The summed E-state index contributed by atoms with van der Waals surface area (Å²) in [5, 5.41) is 9.29. The van der Waals surface area contributed by atoms with E-state index in [1.54, 1.807) is 7.11 Å². The Kier molecular flexibility index (Phi) is 2.65. The van der Waals surface area contributed by atoms with Gasteiger partial charge < -0.3 is 14.6 Å². The van der Waals surface area contributed by atoms with Gasteiger partial charge in [-0.2, -0.15) is 0 Å². The van der Waals surface area contributed by atoms with E-state index in [4.69, 9.17) is 9.47 Å². The summed E-state index contributed by atoms with van der Waals surface area (Å²) in [7, 11) is 1.62. The molecule has 1 saturated heterocycles. The minimum Gasteiger partial charge on any atom is -0.390 e. The Morgan fingerprint density at radius 1 is 1.70 bits per heavy atom. The number of hydrogen-bond acceptors (Lipinski definition) is 3. The molecule has 0 amide bonds. The topological polar surface area (TPSA) is 38.7 Å². The number of methoxy groups -OCH3 is 1. The molecular formula is C7H14O3. The summed E-state index contributed by atoms with van der Waals surface area (Å²) < 4.78 is 10.3. The zero-order valence-corrected chi connectivity index (χ0v) is 6.41. The Labute approximate surface area is 60.9 Å². The number of aliphatic hydroxyl groups excluding tert-OH is 1. The van der Waals surface area contributed by atoms with Gasteiger partial charge in [0.2, 0.25) is 0 Å². The highest BCUT2D eigenvalue weighted by molar-refractivity contribution is 4.79. The van der Waals surface area contributed by atoms with Crippen molar-refractivity contribution in [3.05, 3.63) is 0 Å². The normalized spacial score (nSPS) is 36.3. The quantitative estimate of drug-likeness (QED) is 0.603. The van der Waals surface area contributed by atoms with Gasteiger partial charge in [0.1, 0.15) is 6.10 Å². The van der Waals surface area contributed by atoms with Crippen molar-refractivity contribution in [1.29, 1.82) is 0 Å². The van der Waals surface area contributed by atoms with Crippen LogP contribution in [0, 0.1) is 0 Å². The van der Waals surface area contributed by atoms with Gasteiger partial charge in [0.05, 0.1) is 12.2 Å². The lowest BCUT2D eigenvalue weighted by molar-refractivity contribution is -0.0551. The second-order valence-corrected chi connectivity index (χ2v) is 2.63. The van der Waals surface area contributed by atoms with Gasteiger partial charge in [-0.1, -0.05) is 0 Å². The summed E-state index contributed by atoms with van der Waals surface area (Å²) in [5.41, 5.74) is 0. The van der Waals surface area contributed by atoms with Crippen molar-refractivity contribution in [2.45, 2.75) is 31.7 Å². The van der Waals surface area contributed by atoms with Crippen LogP contribution in [0.15, 0.2) is 0 Å². The lowest BCUT2D eigenvalue weighted by atomic mass is 10.1. The highest BCUT2D eigenvalue weighted by Gasteiger charge is 2.30. The largest absolute Gasteiger partial charge is 0.390 e. The molecule has 0 saturated carbocycles. The van der Waals surface area contributed by atoms with E-state index < -0.39 is 0 Å². The summed E-state index contributed by atoms with van der Waals surface area (Å²) in [6, 6.07) is 0. The minimum absolute atomic E-state index is 0.00231. The van der Waals surface area contributed by atoms with Crippen LogP contribution in [0.1, 0.15) is 13.3 Å². The molecule has 3 heteroatoms. The van der Waals surface area contributed by atoms with Gasteiger partial charge in [-0.3, -0.25) is 0 Å². The van der Waals surface area contributed by atoms with Gasteiger partial charge in [-0.15, -0.1) is 0 Å². The first-order valence-corrected chi connectivity index (χ1v) is 3.58. The van der Waals surface area contributed by atoms with Crippen LogP contribution in [0.3, 0.4) is 0 Å². The third-order valence-corrected chi connectivity index (χ3v) is 1.94. The fraction of sp³-hybridized carbons (Fsp3) is 1.00. The number of rotatable bonds is 2. The maximum Gasteiger partial charge on any atom is 0.109 e. The standard InChI is InChI=1S/C7H14O3/c1-5(9-2)7-6(8)3-4-10-7/h5-8H,3-4H2,1-2H3/t5-,6+,7?/m1/s1. The predicted octanol–water partition coefficient (Wildman–Crippen LogP) is 0.171. The van der Waals surface area contributed by atoms with Crippen molar-refractivity contribution in [3.8, 4) is 0 Å². The number of ether oxygens (including phenoxy) is 2. The van der Waals surface area contributed by atoms with Gasteiger partial charge in [-0.25, -0.2) is 0 Å². The molecule has 3 atom stereocenters. The second kappa shape index (κ2) is 3.32. The van der Waals surface area contributed by atoms with Crippen LogP contribution in [0.4, 0.5) is 0 Å². The van der Waals surface area contributed by atoms with E-state index in [0.29, 0.717) is 6.61 Å². The molecule has 0 bridgehead atoms. The molecule has 3 nitrogen and oxygen atoms in total. The fourth-order valence-corrected chi connectivity index (χ4v) is 1.18. The summed E-state index contributed by atoms with van der Waals surface area (Å²) in [4.78, 5) is 0. The molecule has 0 aromatic heterocycles. The Balaban J connectivity index is 2.38. The molecule has 0 aromatic carbocycles. The lowest BCUT2D eigenvalue weighted by Crippen LogP contribution is -2.33. The highest BCUT2D eigenvalue weighted by atomic mass is 16.5. The summed E-state index contributed by atoms with van der Waals surface area (Å²) in [6.07, 6.45) is 0.274. The molecule has 1 rings (SSSR count). The third-order valence-electron chi connectivity index (χ3n) is 1.94. The molecule has 1 unspecified atom stereocenters. The third kappa shape index (κ3) is 1.48. The van der Waals surface area contributed by atoms with E-state index in [1.165, 1.54) is 0 Å². The second-order valence-electron chi connectivity index (χ2n) is 2.63. The lowest BCUT2D eigenvalue weighted by Gasteiger charge is -2.19. The zero-order valence-electron chi connectivity index (χ0n) is 6.41. The van der Waals surface area contributed by atoms with E-state index >= 15 is 0 Å². The van der Waals surface area contributed by atoms with Crippen molar-refractivity contribution in [3.63, 3.8) is 0 Å². The fourth-order valence-electron chi connectivity index (χ4n) is 1.18. The van der Waals surface area contributed by atoms with Gasteiger partial charge in [-0.05, 0) is 13.3 Å². The van der Waals surface area contributed by atoms with Crippen LogP contribution in [-0.2, 0) is 9.47 Å². The molecule has 10 heavy (non-hydrogen) atoms. The van der Waals surface area contributed by atoms with Crippen molar-refractivity contribution in [2.24, 2.45) is 0 Å². The van der Waals surface area contributed by atoms with Crippen molar-refractivity contribution >= 4 is 0 Å². The molecule has 0 radical (unpaired) electrons. The van der Waals surface area contributed by atoms with E-state index in [-0.39, 0.29) is 18.3 Å². The first-order chi connectivity index (χ1) is 4.75. The maximum absolute atomic E-state index is 9.29.